The predicted molar refractivity (Wildman–Crippen MR) is 81.0 cm³/mol. The first-order valence-electron chi connectivity index (χ1n) is 7.88. The van der Waals surface area contributed by atoms with Crippen LogP contribution < -0.4 is 15.2 Å². The molecule has 2 atom stereocenters. The van der Waals surface area contributed by atoms with Crippen LogP contribution in [0.15, 0.2) is 18.2 Å². The van der Waals surface area contributed by atoms with E-state index in [0.29, 0.717) is 49.9 Å². The molecule has 0 spiro atoms. The van der Waals surface area contributed by atoms with E-state index < -0.39 is 18.1 Å². The molecule has 0 saturated carbocycles. The monoisotopic (exact) mass is 328 g/mol. The molecule has 23 heavy (non-hydrogen) atoms. The molecule has 3 rings (SSSR count). The number of alkyl halides is 2. The van der Waals surface area contributed by atoms with Crippen LogP contribution in [0, 0.1) is 0 Å². The molecule has 3 N–H and O–H groups in total. The van der Waals surface area contributed by atoms with Gasteiger partial charge in [-0.15, -0.1) is 0 Å². The molecule has 1 saturated heterocycles. The number of fused-ring (bicyclic) bond motifs is 1. The standard InChI is InChI=1S/C16H22F2N2O3/c17-16(18)3-5-20(6-4-16)10-12(19)15(21)11-1-2-13-14(9-11)23-8-7-22-13/h1-2,9,12,15,21H,3-8,10,19H2/t12-,15?/m1/s1. The molecule has 5 nitrogen and oxygen atoms in total. The van der Waals surface area contributed by atoms with Gasteiger partial charge in [0.1, 0.15) is 13.2 Å². The molecule has 7 heteroatoms. The van der Waals surface area contributed by atoms with Crippen molar-refractivity contribution in [3.63, 3.8) is 0 Å². The number of piperidine rings is 1. The lowest BCUT2D eigenvalue weighted by atomic mass is 10.00. The number of benzene rings is 1. The third kappa shape index (κ3) is 3.91. The number of aliphatic hydroxyl groups excluding tert-OH is 1. The number of ether oxygens (including phenoxy) is 2. The Balaban J connectivity index is 1.60. The Hall–Kier alpha value is -1.44. The van der Waals surface area contributed by atoms with E-state index in [2.05, 4.69) is 0 Å². The van der Waals surface area contributed by atoms with Crippen LogP contribution in [0.2, 0.25) is 0 Å². The Morgan fingerprint density at radius 1 is 1.17 bits per heavy atom. The first kappa shape index (κ1) is 16.4. The predicted octanol–water partition coefficient (Wildman–Crippen LogP) is 1.55. The van der Waals surface area contributed by atoms with Crippen LogP contribution in [0.5, 0.6) is 11.5 Å². The molecule has 2 heterocycles. The zero-order valence-electron chi connectivity index (χ0n) is 12.9. The Morgan fingerprint density at radius 3 is 2.52 bits per heavy atom. The van der Waals surface area contributed by atoms with Gasteiger partial charge in [-0.25, -0.2) is 8.78 Å². The Morgan fingerprint density at radius 2 is 1.83 bits per heavy atom. The number of aliphatic hydroxyl groups is 1. The summed E-state index contributed by atoms with van der Waals surface area (Å²) in [7, 11) is 0. The van der Waals surface area contributed by atoms with E-state index in [1.54, 1.807) is 18.2 Å². The maximum absolute atomic E-state index is 13.2. The number of rotatable bonds is 4. The van der Waals surface area contributed by atoms with Crippen molar-refractivity contribution in [3.05, 3.63) is 23.8 Å². The third-order valence-electron chi connectivity index (χ3n) is 4.37. The highest BCUT2D eigenvalue weighted by Crippen LogP contribution is 2.33. The van der Waals surface area contributed by atoms with Crippen LogP contribution in [0.25, 0.3) is 0 Å². The Kier molecular flexibility index (Phi) is 4.70. The largest absolute Gasteiger partial charge is 0.486 e. The number of halogens is 2. The summed E-state index contributed by atoms with van der Waals surface area (Å²) in [6.45, 7) is 1.96. The zero-order chi connectivity index (χ0) is 16.4. The quantitative estimate of drug-likeness (QED) is 0.878. The number of likely N-dealkylation sites (tertiary alicyclic amines) is 1. The van der Waals surface area contributed by atoms with Crippen molar-refractivity contribution in [3.8, 4) is 11.5 Å². The molecule has 0 amide bonds. The summed E-state index contributed by atoms with van der Waals surface area (Å²) in [6.07, 6.45) is -1.19. The molecule has 1 unspecified atom stereocenters. The summed E-state index contributed by atoms with van der Waals surface area (Å²) in [5.74, 6) is -1.33. The highest BCUT2D eigenvalue weighted by atomic mass is 19.3. The fraction of sp³-hybridized carbons (Fsp3) is 0.625. The van der Waals surface area contributed by atoms with Crippen molar-refractivity contribution in [2.45, 2.75) is 30.9 Å². The SMILES string of the molecule is N[C@H](CN1CCC(F)(F)CC1)C(O)c1ccc2c(c1)OCCO2. The van der Waals surface area contributed by atoms with Crippen LogP contribution in [0.3, 0.4) is 0 Å². The van der Waals surface area contributed by atoms with Crippen LogP contribution in [0.4, 0.5) is 8.78 Å². The Labute approximate surface area is 134 Å². The van der Waals surface area contributed by atoms with Gasteiger partial charge in [0.05, 0.1) is 6.10 Å². The van der Waals surface area contributed by atoms with E-state index >= 15 is 0 Å². The molecule has 0 radical (unpaired) electrons. The van der Waals surface area contributed by atoms with Gasteiger partial charge in [-0.2, -0.15) is 0 Å². The van der Waals surface area contributed by atoms with Crippen LogP contribution >= 0.6 is 0 Å². The topological polar surface area (TPSA) is 68.0 Å². The van der Waals surface area contributed by atoms with Gasteiger partial charge in [0, 0.05) is 38.5 Å². The fourth-order valence-electron chi connectivity index (χ4n) is 2.95. The number of hydrogen-bond donors (Lipinski definition) is 2. The minimum atomic E-state index is -2.57. The molecule has 2 aliphatic rings. The molecular weight excluding hydrogens is 306 g/mol. The first-order valence-corrected chi connectivity index (χ1v) is 7.88. The summed E-state index contributed by atoms with van der Waals surface area (Å²) < 4.78 is 37.3. The van der Waals surface area contributed by atoms with Crippen molar-refractivity contribution in [2.75, 3.05) is 32.8 Å². The molecule has 1 aromatic carbocycles. The van der Waals surface area contributed by atoms with E-state index in [4.69, 9.17) is 15.2 Å². The van der Waals surface area contributed by atoms with Gasteiger partial charge in [0.15, 0.2) is 11.5 Å². The minimum Gasteiger partial charge on any atom is -0.486 e. The zero-order valence-corrected chi connectivity index (χ0v) is 12.9. The van der Waals surface area contributed by atoms with Gasteiger partial charge in [0.25, 0.3) is 5.92 Å². The number of hydrogen-bond acceptors (Lipinski definition) is 5. The smallest absolute Gasteiger partial charge is 0.250 e. The average molecular weight is 328 g/mol. The van der Waals surface area contributed by atoms with E-state index in [1.165, 1.54) is 0 Å². The normalized spacial score (nSPS) is 23.3. The lowest BCUT2D eigenvalue weighted by molar-refractivity contribution is -0.0577. The van der Waals surface area contributed by atoms with Crippen molar-refractivity contribution in [1.82, 2.24) is 4.90 Å². The summed E-state index contributed by atoms with van der Waals surface area (Å²) in [6, 6.07) is 4.68. The minimum absolute atomic E-state index is 0.153. The maximum atomic E-state index is 13.2. The van der Waals surface area contributed by atoms with Crippen molar-refractivity contribution >= 4 is 0 Å². The van der Waals surface area contributed by atoms with Crippen molar-refractivity contribution < 1.29 is 23.4 Å². The summed E-state index contributed by atoms with van der Waals surface area (Å²) >= 11 is 0. The number of nitrogens with two attached hydrogens (primary N) is 1. The van der Waals surface area contributed by atoms with Crippen molar-refractivity contribution in [2.24, 2.45) is 5.73 Å². The summed E-state index contributed by atoms with van der Waals surface area (Å²) in [4.78, 5) is 1.88. The fourth-order valence-corrected chi connectivity index (χ4v) is 2.95. The summed E-state index contributed by atoms with van der Waals surface area (Å²) in [5, 5.41) is 10.4. The maximum Gasteiger partial charge on any atom is 0.250 e. The number of nitrogens with zero attached hydrogens (tertiary/aromatic N) is 1. The van der Waals surface area contributed by atoms with E-state index in [9.17, 15) is 13.9 Å². The van der Waals surface area contributed by atoms with Gasteiger partial charge >= 0.3 is 0 Å². The van der Waals surface area contributed by atoms with Crippen molar-refractivity contribution in [1.29, 1.82) is 0 Å². The van der Waals surface area contributed by atoms with Gasteiger partial charge in [-0.1, -0.05) is 6.07 Å². The second-order valence-corrected chi connectivity index (χ2v) is 6.17. The second-order valence-electron chi connectivity index (χ2n) is 6.17. The van der Waals surface area contributed by atoms with Gasteiger partial charge < -0.3 is 25.2 Å². The molecule has 2 aliphatic heterocycles. The average Bonchev–Trinajstić information content (AvgIpc) is 2.55. The first-order chi connectivity index (χ1) is 10.9. The highest BCUT2D eigenvalue weighted by molar-refractivity contribution is 5.44. The molecule has 0 bridgehead atoms. The van der Waals surface area contributed by atoms with Crippen LogP contribution in [-0.2, 0) is 0 Å². The Bertz CT molecular complexity index is 546. The molecule has 0 aromatic heterocycles. The lowest BCUT2D eigenvalue weighted by Crippen LogP contribution is -2.46. The van der Waals surface area contributed by atoms with Gasteiger partial charge in [-0.05, 0) is 17.7 Å². The van der Waals surface area contributed by atoms with Crippen LogP contribution in [-0.4, -0.2) is 54.8 Å². The highest BCUT2D eigenvalue weighted by Gasteiger charge is 2.34. The third-order valence-corrected chi connectivity index (χ3v) is 4.37. The molecular formula is C16H22F2N2O3. The summed E-state index contributed by atoms with van der Waals surface area (Å²) in [5.41, 5.74) is 6.72. The molecule has 0 aliphatic carbocycles. The second kappa shape index (κ2) is 6.59. The molecule has 1 fully saturated rings. The molecule has 1 aromatic rings. The lowest BCUT2D eigenvalue weighted by Gasteiger charge is -2.34. The molecule has 128 valence electrons. The van der Waals surface area contributed by atoms with E-state index in [1.807, 2.05) is 4.90 Å². The van der Waals surface area contributed by atoms with E-state index in [0.717, 1.165) is 0 Å². The van der Waals surface area contributed by atoms with E-state index in [-0.39, 0.29) is 12.8 Å². The van der Waals surface area contributed by atoms with Crippen LogP contribution in [0.1, 0.15) is 24.5 Å². The van der Waals surface area contributed by atoms with Gasteiger partial charge in [0.2, 0.25) is 0 Å². The van der Waals surface area contributed by atoms with Gasteiger partial charge in [-0.3, -0.25) is 0 Å².